The SMILES string of the molecule is CC(C)(C)c1c2ccccc2c(-c2cccc3ccccc23)c2ccc(-c3ccc(-c4cc5cccc6ccc7cccc4c7c65)cc3)cc12. The van der Waals surface area contributed by atoms with E-state index in [-0.39, 0.29) is 5.41 Å². The molecule has 0 aliphatic rings. The minimum atomic E-state index is -0.0504. The van der Waals surface area contributed by atoms with Crippen molar-refractivity contribution in [3.63, 3.8) is 0 Å². The average molecular weight is 637 g/mol. The Hall–Kier alpha value is -5.98. The van der Waals surface area contributed by atoms with Crippen LogP contribution in [0.4, 0.5) is 0 Å². The van der Waals surface area contributed by atoms with Crippen LogP contribution in [0.3, 0.4) is 0 Å². The summed E-state index contributed by atoms with van der Waals surface area (Å²) in [6.45, 7) is 7.05. The van der Waals surface area contributed by atoms with Gasteiger partial charge in [-0.05, 0) is 121 Å². The lowest BCUT2D eigenvalue weighted by atomic mass is 9.77. The summed E-state index contributed by atoms with van der Waals surface area (Å²) in [4.78, 5) is 0. The highest BCUT2D eigenvalue weighted by Gasteiger charge is 2.24. The molecule has 0 atom stereocenters. The molecular formula is C50H36. The van der Waals surface area contributed by atoms with Gasteiger partial charge in [0.05, 0.1) is 0 Å². The largest absolute Gasteiger partial charge is 0.0616 e. The van der Waals surface area contributed by atoms with Gasteiger partial charge < -0.3 is 0 Å². The van der Waals surface area contributed by atoms with Gasteiger partial charge in [0.25, 0.3) is 0 Å². The predicted molar refractivity (Wildman–Crippen MR) is 218 cm³/mol. The Balaban J connectivity index is 1.18. The van der Waals surface area contributed by atoms with Crippen LogP contribution in [0.1, 0.15) is 26.3 Å². The summed E-state index contributed by atoms with van der Waals surface area (Å²) in [5, 5.41) is 15.8. The quantitative estimate of drug-likeness (QED) is 0.134. The molecule has 0 aromatic heterocycles. The van der Waals surface area contributed by atoms with E-state index in [4.69, 9.17) is 0 Å². The zero-order valence-electron chi connectivity index (χ0n) is 28.6. The van der Waals surface area contributed by atoms with E-state index in [2.05, 4.69) is 185 Å². The summed E-state index contributed by atoms with van der Waals surface area (Å²) < 4.78 is 0. The lowest BCUT2D eigenvalue weighted by molar-refractivity contribution is 0.601. The Kier molecular flexibility index (Phi) is 6.24. The number of rotatable bonds is 3. The molecule has 10 rings (SSSR count). The zero-order chi connectivity index (χ0) is 33.6. The van der Waals surface area contributed by atoms with Crippen molar-refractivity contribution >= 4 is 64.6 Å². The van der Waals surface area contributed by atoms with Crippen LogP contribution in [0, 0.1) is 0 Å². The molecule has 0 spiro atoms. The molecule has 0 unspecified atom stereocenters. The first kappa shape index (κ1) is 29.0. The minimum Gasteiger partial charge on any atom is -0.0616 e. The van der Waals surface area contributed by atoms with Gasteiger partial charge in [-0.25, -0.2) is 0 Å². The molecule has 0 aliphatic carbocycles. The molecule has 0 saturated heterocycles. The van der Waals surface area contributed by atoms with Crippen molar-refractivity contribution in [3.8, 4) is 33.4 Å². The highest BCUT2D eigenvalue weighted by molar-refractivity contribution is 6.26. The average Bonchev–Trinajstić information content (AvgIpc) is 3.15. The molecule has 50 heavy (non-hydrogen) atoms. The van der Waals surface area contributed by atoms with Gasteiger partial charge in [0.1, 0.15) is 0 Å². The lowest BCUT2D eigenvalue weighted by Crippen LogP contribution is -2.13. The van der Waals surface area contributed by atoms with Crippen molar-refractivity contribution in [2.24, 2.45) is 0 Å². The van der Waals surface area contributed by atoms with E-state index in [1.165, 1.54) is 104 Å². The second-order valence-electron chi connectivity index (χ2n) is 14.9. The van der Waals surface area contributed by atoms with E-state index in [0.29, 0.717) is 0 Å². The van der Waals surface area contributed by atoms with Crippen LogP contribution in [-0.4, -0.2) is 0 Å². The van der Waals surface area contributed by atoms with Crippen molar-refractivity contribution in [2.45, 2.75) is 26.2 Å². The maximum Gasteiger partial charge on any atom is -0.00204 e. The Morgan fingerprint density at radius 2 is 0.880 bits per heavy atom. The molecule has 0 N–H and O–H groups in total. The molecule has 0 nitrogen and oxygen atoms in total. The van der Waals surface area contributed by atoms with Gasteiger partial charge in [-0.15, -0.1) is 0 Å². The maximum absolute atomic E-state index is 2.45. The van der Waals surface area contributed by atoms with Crippen LogP contribution in [0.15, 0.2) is 164 Å². The fourth-order valence-electron chi connectivity index (χ4n) is 8.74. The van der Waals surface area contributed by atoms with Gasteiger partial charge in [-0.3, -0.25) is 0 Å². The van der Waals surface area contributed by atoms with Crippen LogP contribution in [-0.2, 0) is 5.41 Å². The predicted octanol–water partition coefficient (Wildman–Crippen LogP) is 14.3. The maximum atomic E-state index is 2.45. The van der Waals surface area contributed by atoms with E-state index >= 15 is 0 Å². The van der Waals surface area contributed by atoms with Crippen molar-refractivity contribution in [3.05, 3.63) is 169 Å². The third-order valence-corrected chi connectivity index (χ3v) is 10.9. The monoisotopic (exact) mass is 636 g/mol. The van der Waals surface area contributed by atoms with E-state index in [0.717, 1.165) is 0 Å². The van der Waals surface area contributed by atoms with Gasteiger partial charge >= 0.3 is 0 Å². The highest BCUT2D eigenvalue weighted by Crippen LogP contribution is 2.46. The molecule has 0 heterocycles. The highest BCUT2D eigenvalue weighted by atomic mass is 14.3. The topological polar surface area (TPSA) is 0 Å². The Morgan fingerprint density at radius 3 is 1.68 bits per heavy atom. The smallest absolute Gasteiger partial charge is 0.00204 e. The van der Waals surface area contributed by atoms with Gasteiger partial charge in [-0.2, -0.15) is 0 Å². The van der Waals surface area contributed by atoms with Crippen LogP contribution in [0.5, 0.6) is 0 Å². The number of hydrogen-bond acceptors (Lipinski definition) is 0. The minimum absolute atomic E-state index is 0.0504. The fourth-order valence-corrected chi connectivity index (χ4v) is 8.74. The van der Waals surface area contributed by atoms with E-state index in [9.17, 15) is 0 Å². The fraction of sp³-hybridized carbons (Fsp3) is 0.0800. The van der Waals surface area contributed by atoms with Gasteiger partial charge in [0.2, 0.25) is 0 Å². The second-order valence-corrected chi connectivity index (χ2v) is 14.9. The molecule has 0 bridgehead atoms. The number of benzene rings is 10. The standard InChI is InChI=1S/C50H36/c1-50(2,3)49-43-18-7-6-17-40(43)48(39-19-9-12-32-11-4-5-16-38(32)39)42-28-27-36(29-45(42)49)31-21-23-33(24-22-31)44-30-37-15-8-13-34-25-26-35-14-10-20-41(44)47(35)46(34)37/h4-30H,1-3H3. The molecule has 10 aromatic rings. The van der Waals surface area contributed by atoms with Crippen LogP contribution in [0.25, 0.3) is 98.0 Å². The van der Waals surface area contributed by atoms with Gasteiger partial charge in [0, 0.05) is 0 Å². The number of fused-ring (bicyclic) bond motifs is 3. The van der Waals surface area contributed by atoms with E-state index < -0.39 is 0 Å². The zero-order valence-corrected chi connectivity index (χ0v) is 28.6. The van der Waals surface area contributed by atoms with Crippen LogP contribution >= 0.6 is 0 Å². The summed E-state index contributed by atoms with van der Waals surface area (Å²) in [6, 6.07) is 61.2. The molecule has 0 saturated carbocycles. The lowest BCUT2D eigenvalue weighted by Gasteiger charge is -2.27. The molecular weight excluding hydrogens is 601 g/mol. The third kappa shape index (κ3) is 4.31. The summed E-state index contributed by atoms with van der Waals surface area (Å²) >= 11 is 0. The molecule has 0 radical (unpaired) electrons. The number of hydrogen-bond donors (Lipinski definition) is 0. The molecule has 0 heteroatoms. The molecule has 0 amide bonds. The van der Waals surface area contributed by atoms with Crippen LogP contribution < -0.4 is 0 Å². The first-order valence-corrected chi connectivity index (χ1v) is 17.7. The van der Waals surface area contributed by atoms with Crippen molar-refractivity contribution in [2.75, 3.05) is 0 Å². The second kappa shape index (κ2) is 10.8. The molecule has 236 valence electrons. The van der Waals surface area contributed by atoms with Gasteiger partial charge in [-0.1, -0.05) is 172 Å². The van der Waals surface area contributed by atoms with Crippen molar-refractivity contribution < 1.29 is 0 Å². The van der Waals surface area contributed by atoms with E-state index in [1.807, 2.05) is 0 Å². The first-order valence-electron chi connectivity index (χ1n) is 17.7. The Labute approximate surface area is 292 Å². The first-order chi connectivity index (χ1) is 24.4. The molecule has 0 aliphatic heterocycles. The molecule has 0 fully saturated rings. The van der Waals surface area contributed by atoms with Gasteiger partial charge in [0.15, 0.2) is 0 Å². The molecule has 10 aromatic carbocycles. The van der Waals surface area contributed by atoms with Crippen molar-refractivity contribution in [1.82, 2.24) is 0 Å². The summed E-state index contributed by atoms with van der Waals surface area (Å²) in [7, 11) is 0. The van der Waals surface area contributed by atoms with Crippen molar-refractivity contribution in [1.29, 1.82) is 0 Å². The normalized spacial score (nSPS) is 12.3. The third-order valence-electron chi connectivity index (χ3n) is 10.9. The Bertz CT molecular complexity index is 2930. The van der Waals surface area contributed by atoms with E-state index in [1.54, 1.807) is 0 Å². The summed E-state index contributed by atoms with van der Waals surface area (Å²) in [5.41, 5.74) is 8.95. The summed E-state index contributed by atoms with van der Waals surface area (Å²) in [6.07, 6.45) is 0. The Morgan fingerprint density at radius 1 is 0.320 bits per heavy atom. The summed E-state index contributed by atoms with van der Waals surface area (Å²) in [5.74, 6) is 0. The van der Waals surface area contributed by atoms with Crippen LogP contribution in [0.2, 0.25) is 0 Å².